The van der Waals surface area contributed by atoms with E-state index in [1.807, 2.05) is 37.3 Å². The summed E-state index contributed by atoms with van der Waals surface area (Å²) in [5, 5.41) is 2.82. The van der Waals surface area contributed by atoms with Gasteiger partial charge in [0, 0.05) is 23.3 Å². The molecule has 3 aromatic carbocycles. The summed E-state index contributed by atoms with van der Waals surface area (Å²) in [5.74, 6) is 0.808. The van der Waals surface area contributed by atoms with Gasteiger partial charge in [-0.3, -0.25) is 9.10 Å². The van der Waals surface area contributed by atoms with Gasteiger partial charge in [0.25, 0.3) is 10.0 Å². The number of sulfonamides is 1. The van der Waals surface area contributed by atoms with Crippen LogP contribution >= 0.6 is 11.8 Å². The number of ether oxygens (including phenoxy) is 1. The van der Waals surface area contributed by atoms with Crippen molar-refractivity contribution in [3.63, 3.8) is 0 Å². The maximum absolute atomic E-state index is 13.4. The smallest absolute Gasteiger partial charge is 0.264 e. The van der Waals surface area contributed by atoms with Crippen LogP contribution in [0.2, 0.25) is 0 Å². The van der Waals surface area contributed by atoms with Gasteiger partial charge < -0.3 is 10.1 Å². The van der Waals surface area contributed by atoms with Crippen molar-refractivity contribution in [1.29, 1.82) is 0 Å². The van der Waals surface area contributed by atoms with Gasteiger partial charge in [-0.1, -0.05) is 42.0 Å². The molecule has 0 aliphatic rings. The maximum Gasteiger partial charge on any atom is 0.264 e. The molecule has 0 aromatic heterocycles. The Bertz CT molecular complexity index is 1130. The molecular weight excluding hydrogens is 444 g/mol. The zero-order chi connectivity index (χ0) is 23.0. The molecule has 8 heteroatoms. The van der Waals surface area contributed by atoms with Crippen molar-refractivity contribution in [2.75, 3.05) is 30.3 Å². The van der Waals surface area contributed by atoms with Crippen molar-refractivity contribution >= 4 is 33.4 Å². The molecule has 1 N–H and O–H groups in total. The molecule has 6 nitrogen and oxygen atoms in total. The monoisotopic (exact) mass is 470 g/mol. The minimum Gasteiger partial charge on any atom is -0.497 e. The average Bonchev–Trinajstić information content (AvgIpc) is 2.81. The van der Waals surface area contributed by atoms with E-state index in [0.717, 1.165) is 14.8 Å². The molecule has 0 heterocycles. The Morgan fingerprint density at radius 2 is 1.72 bits per heavy atom. The van der Waals surface area contributed by atoms with E-state index < -0.39 is 10.0 Å². The summed E-state index contributed by atoms with van der Waals surface area (Å²) in [6.07, 6.45) is 0. The third-order valence-electron chi connectivity index (χ3n) is 4.67. The first kappa shape index (κ1) is 23.7. The third kappa shape index (κ3) is 6.27. The van der Waals surface area contributed by atoms with Crippen molar-refractivity contribution in [3.05, 3.63) is 84.4 Å². The van der Waals surface area contributed by atoms with E-state index in [1.54, 1.807) is 60.3 Å². The summed E-state index contributed by atoms with van der Waals surface area (Å²) >= 11 is 1.62. The van der Waals surface area contributed by atoms with Gasteiger partial charge in [0.05, 0.1) is 17.7 Å². The van der Waals surface area contributed by atoms with E-state index in [4.69, 9.17) is 4.74 Å². The molecule has 0 bridgehead atoms. The number of rotatable bonds is 10. The summed E-state index contributed by atoms with van der Waals surface area (Å²) in [4.78, 5) is 13.9. The minimum atomic E-state index is -3.95. The van der Waals surface area contributed by atoms with Crippen molar-refractivity contribution in [2.24, 2.45) is 0 Å². The number of hydrogen-bond acceptors (Lipinski definition) is 5. The molecule has 0 aliphatic carbocycles. The van der Waals surface area contributed by atoms with Crippen LogP contribution < -0.4 is 14.4 Å². The first-order valence-electron chi connectivity index (χ1n) is 10.1. The number of aryl methyl sites for hydroxylation is 1. The van der Waals surface area contributed by atoms with Crippen LogP contribution in [0.1, 0.15) is 5.56 Å². The van der Waals surface area contributed by atoms with E-state index in [9.17, 15) is 13.2 Å². The molecule has 3 rings (SSSR count). The van der Waals surface area contributed by atoms with Gasteiger partial charge in [-0.15, -0.1) is 11.8 Å². The number of thioether (sulfide) groups is 1. The van der Waals surface area contributed by atoms with Gasteiger partial charge in [-0.2, -0.15) is 0 Å². The zero-order valence-corrected chi connectivity index (χ0v) is 19.7. The highest BCUT2D eigenvalue weighted by atomic mass is 32.2. The summed E-state index contributed by atoms with van der Waals surface area (Å²) < 4.78 is 33.1. The SMILES string of the molecule is COc1cccc(N(CC(=O)NCCSc2ccccc2)S(=O)(=O)c2ccc(C)cc2)c1. The van der Waals surface area contributed by atoms with E-state index in [0.29, 0.717) is 23.7 Å². The summed E-state index contributed by atoms with van der Waals surface area (Å²) in [6, 6.07) is 23.1. The molecule has 0 saturated carbocycles. The Balaban J connectivity index is 1.75. The molecule has 1 amide bonds. The van der Waals surface area contributed by atoms with Gasteiger partial charge >= 0.3 is 0 Å². The Morgan fingerprint density at radius 3 is 2.41 bits per heavy atom. The molecule has 0 saturated heterocycles. The Labute approximate surface area is 193 Å². The first-order valence-corrected chi connectivity index (χ1v) is 12.5. The van der Waals surface area contributed by atoms with E-state index in [-0.39, 0.29) is 17.3 Å². The Hall–Kier alpha value is -2.97. The van der Waals surface area contributed by atoms with Crippen LogP contribution in [0, 0.1) is 6.92 Å². The van der Waals surface area contributed by atoms with Gasteiger partial charge in [0.2, 0.25) is 5.91 Å². The van der Waals surface area contributed by atoms with Crippen LogP contribution in [-0.2, 0) is 14.8 Å². The zero-order valence-electron chi connectivity index (χ0n) is 18.0. The summed E-state index contributed by atoms with van der Waals surface area (Å²) in [6.45, 7) is 1.98. The second-order valence-electron chi connectivity index (χ2n) is 7.04. The molecular formula is C24H26N2O4S2. The molecule has 0 aliphatic heterocycles. The van der Waals surface area contributed by atoms with Crippen molar-refractivity contribution in [1.82, 2.24) is 5.32 Å². The second kappa shape index (κ2) is 11.1. The fourth-order valence-electron chi connectivity index (χ4n) is 2.98. The molecule has 0 atom stereocenters. The number of nitrogens with one attached hydrogen (secondary N) is 1. The third-order valence-corrected chi connectivity index (χ3v) is 7.48. The number of anilines is 1. The standard InChI is InChI=1S/C24H26N2O4S2/c1-19-11-13-23(14-12-19)32(28,29)26(20-7-6-8-21(17-20)30-2)18-24(27)25-15-16-31-22-9-4-3-5-10-22/h3-14,17H,15-16,18H2,1-2H3,(H,25,27). The first-order chi connectivity index (χ1) is 15.4. The molecule has 0 unspecified atom stereocenters. The average molecular weight is 471 g/mol. The molecule has 0 spiro atoms. The molecule has 3 aromatic rings. The van der Waals surface area contributed by atoms with E-state index >= 15 is 0 Å². The number of benzene rings is 3. The van der Waals surface area contributed by atoms with Gasteiger partial charge in [-0.05, 0) is 43.3 Å². The molecule has 168 valence electrons. The topological polar surface area (TPSA) is 75.7 Å². The number of methoxy groups -OCH3 is 1. The number of nitrogens with zero attached hydrogens (tertiary/aromatic N) is 1. The highest BCUT2D eigenvalue weighted by Gasteiger charge is 2.27. The highest BCUT2D eigenvalue weighted by molar-refractivity contribution is 7.99. The van der Waals surface area contributed by atoms with Crippen LogP contribution in [0.25, 0.3) is 0 Å². The van der Waals surface area contributed by atoms with Gasteiger partial charge in [0.1, 0.15) is 12.3 Å². The molecule has 0 fully saturated rings. The number of carbonyl (C=O) groups excluding carboxylic acids is 1. The van der Waals surface area contributed by atoms with Gasteiger partial charge in [0.15, 0.2) is 0 Å². The minimum absolute atomic E-state index is 0.123. The van der Waals surface area contributed by atoms with Crippen LogP contribution in [0.5, 0.6) is 5.75 Å². The van der Waals surface area contributed by atoms with Crippen LogP contribution in [0.3, 0.4) is 0 Å². The molecule has 32 heavy (non-hydrogen) atoms. The van der Waals surface area contributed by atoms with Crippen LogP contribution in [0.4, 0.5) is 5.69 Å². The fourth-order valence-corrected chi connectivity index (χ4v) is 5.18. The van der Waals surface area contributed by atoms with E-state index in [2.05, 4.69) is 5.32 Å². The maximum atomic E-state index is 13.4. The summed E-state index contributed by atoms with van der Waals surface area (Å²) in [5.41, 5.74) is 1.31. The molecule has 0 radical (unpaired) electrons. The Morgan fingerprint density at radius 1 is 1.00 bits per heavy atom. The summed E-state index contributed by atoms with van der Waals surface area (Å²) in [7, 11) is -2.44. The lowest BCUT2D eigenvalue weighted by Gasteiger charge is -2.24. The highest BCUT2D eigenvalue weighted by Crippen LogP contribution is 2.27. The number of carbonyl (C=O) groups is 1. The fraction of sp³-hybridized carbons (Fsp3) is 0.208. The van der Waals surface area contributed by atoms with Crippen molar-refractivity contribution < 1.29 is 17.9 Å². The van der Waals surface area contributed by atoms with Crippen LogP contribution in [-0.4, -0.2) is 40.3 Å². The van der Waals surface area contributed by atoms with E-state index in [1.165, 1.54) is 7.11 Å². The predicted molar refractivity (Wildman–Crippen MR) is 129 cm³/mol. The number of amides is 1. The number of hydrogen-bond donors (Lipinski definition) is 1. The van der Waals surface area contributed by atoms with Crippen LogP contribution in [0.15, 0.2) is 88.7 Å². The lowest BCUT2D eigenvalue weighted by molar-refractivity contribution is -0.119. The Kier molecular flexibility index (Phi) is 8.19. The van der Waals surface area contributed by atoms with Crippen molar-refractivity contribution in [2.45, 2.75) is 16.7 Å². The lowest BCUT2D eigenvalue weighted by Crippen LogP contribution is -2.41. The predicted octanol–water partition coefficient (Wildman–Crippen LogP) is 4.11. The lowest BCUT2D eigenvalue weighted by atomic mass is 10.2. The second-order valence-corrected chi connectivity index (χ2v) is 10.1. The quantitative estimate of drug-likeness (QED) is 0.357. The van der Waals surface area contributed by atoms with Gasteiger partial charge in [-0.25, -0.2) is 8.42 Å². The van der Waals surface area contributed by atoms with Crippen molar-refractivity contribution in [3.8, 4) is 5.75 Å². The normalized spacial score (nSPS) is 11.1. The largest absolute Gasteiger partial charge is 0.497 e.